The molecule has 0 bridgehead atoms. The molecule has 1 N–H and O–H groups in total. The second-order valence-electron chi connectivity index (χ2n) is 4.55. The summed E-state index contributed by atoms with van der Waals surface area (Å²) in [5.41, 5.74) is 1.17. The summed E-state index contributed by atoms with van der Waals surface area (Å²) in [7, 11) is 0. The van der Waals surface area contributed by atoms with Crippen molar-refractivity contribution in [3.05, 3.63) is 64.4 Å². The van der Waals surface area contributed by atoms with Crippen LogP contribution in [0, 0.1) is 23.0 Å². The lowest BCUT2D eigenvalue weighted by Gasteiger charge is -2.00. The molecule has 1 aromatic heterocycles. The number of nitrogens with zero attached hydrogens (tertiary/aromatic N) is 2. The number of H-pyrrole nitrogens is 1. The van der Waals surface area contributed by atoms with E-state index in [0.717, 1.165) is 0 Å². The van der Waals surface area contributed by atoms with Crippen molar-refractivity contribution in [3.8, 4) is 6.07 Å². The summed E-state index contributed by atoms with van der Waals surface area (Å²) in [6.45, 7) is 0. The molecule has 0 spiro atoms. The highest BCUT2D eigenvalue weighted by Gasteiger charge is 2.11. The predicted molar refractivity (Wildman–Crippen MR) is 80.9 cm³/mol. The van der Waals surface area contributed by atoms with Crippen LogP contribution in [0.3, 0.4) is 0 Å². The Labute approximate surface area is 129 Å². The molecule has 22 heavy (non-hydrogen) atoms. The van der Waals surface area contributed by atoms with E-state index in [2.05, 4.69) is 9.97 Å². The first-order chi connectivity index (χ1) is 10.6. The van der Waals surface area contributed by atoms with Crippen LogP contribution in [0.25, 0.3) is 22.7 Å². The lowest BCUT2D eigenvalue weighted by Crippen LogP contribution is -1.88. The fourth-order valence-electron chi connectivity index (χ4n) is 2.06. The highest BCUT2D eigenvalue weighted by atomic mass is 35.5. The highest BCUT2D eigenvalue weighted by molar-refractivity contribution is 6.32. The fraction of sp³-hybridized carbons (Fsp3) is 0. The molecule has 108 valence electrons. The molecule has 0 unspecified atom stereocenters. The molecule has 0 saturated carbocycles. The quantitative estimate of drug-likeness (QED) is 0.705. The van der Waals surface area contributed by atoms with Gasteiger partial charge < -0.3 is 4.98 Å². The average Bonchev–Trinajstić information content (AvgIpc) is 2.89. The molecule has 3 aromatic rings. The van der Waals surface area contributed by atoms with Crippen molar-refractivity contribution in [2.24, 2.45) is 0 Å². The summed E-state index contributed by atoms with van der Waals surface area (Å²) in [5.74, 6) is -0.729. The van der Waals surface area contributed by atoms with Crippen molar-refractivity contribution in [1.82, 2.24) is 9.97 Å². The van der Waals surface area contributed by atoms with Gasteiger partial charge in [-0.05, 0) is 36.4 Å². The first-order valence-corrected chi connectivity index (χ1v) is 6.68. The Morgan fingerprint density at radius 3 is 2.82 bits per heavy atom. The molecular weight excluding hydrogens is 308 g/mol. The van der Waals surface area contributed by atoms with Gasteiger partial charge in [-0.15, -0.1) is 0 Å². The Morgan fingerprint density at radius 1 is 1.27 bits per heavy atom. The van der Waals surface area contributed by atoms with Crippen LogP contribution in [0.5, 0.6) is 0 Å². The summed E-state index contributed by atoms with van der Waals surface area (Å²) in [6, 6.07) is 10.2. The van der Waals surface area contributed by atoms with E-state index in [4.69, 9.17) is 11.6 Å². The zero-order chi connectivity index (χ0) is 15.7. The van der Waals surface area contributed by atoms with Gasteiger partial charge in [-0.25, -0.2) is 13.8 Å². The molecule has 3 nitrogen and oxygen atoms in total. The molecule has 0 aliphatic carbocycles. The van der Waals surface area contributed by atoms with Crippen molar-refractivity contribution in [2.45, 2.75) is 0 Å². The third-order valence-corrected chi connectivity index (χ3v) is 3.44. The number of allylic oxidation sites excluding steroid dienone is 1. The van der Waals surface area contributed by atoms with Crippen LogP contribution < -0.4 is 0 Å². The van der Waals surface area contributed by atoms with Gasteiger partial charge in [0.2, 0.25) is 0 Å². The van der Waals surface area contributed by atoms with E-state index < -0.39 is 11.6 Å². The maximum absolute atomic E-state index is 13.8. The number of aromatic nitrogens is 2. The largest absolute Gasteiger partial charge is 0.337 e. The van der Waals surface area contributed by atoms with E-state index in [0.29, 0.717) is 11.0 Å². The number of hydrogen-bond acceptors (Lipinski definition) is 2. The molecule has 6 heteroatoms. The molecule has 0 aliphatic heterocycles. The van der Waals surface area contributed by atoms with Crippen molar-refractivity contribution >= 4 is 34.3 Å². The van der Waals surface area contributed by atoms with Crippen molar-refractivity contribution in [2.75, 3.05) is 0 Å². The Balaban J connectivity index is 2.14. The minimum Gasteiger partial charge on any atom is -0.337 e. The van der Waals surface area contributed by atoms with Gasteiger partial charge in [0.25, 0.3) is 0 Å². The van der Waals surface area contributed by atoms with Gasteiger partial charge in [0.1, 0.15) is 23.5 Å². The molecule has 0 aliphatic rings. The van der Waals surface area contributed by atoms with Gasteiger partial charge in [-0.1, -0.05) is 17.7 Å². The fourth-order valence-corrected chi connectivity index (χ4v) is 2.27. The van der Waals surface area contributed by atoms with Crippen LogP contribution >= 0.6 is 11.6 Å². The van der Waals surface area contributed by atoms with Gasteiger partial charge in [0.05, 0.1) is 21.6 Å². The van der Waals surface area contributed by atoms with E-state index in [-0.39, 0.29) is 22.0 Å². The van der Waals surface area contributed by atoms with Crippen LogP contribution in [0.4, 0.5) is 8.78 Å². The monoisotopic (exact) mass is 315 g/mol. The maximum Gasteiger partial charge on any atom is 0.149 e. The third-order valence-electron chi connectivity index (χ3n) is 3.11. The molecule has 2 aromatic carbocycles. The van der Waals surface area contributed by atoms with Crippen LogP contribution in [-0.4, -0.2) is 9.97 Å². The smallest absolute Gasteiger partial charge is 0.149 e. The Kier molecular flexibility index (Phi) is 3.61. The summed E-state index contributed by atoms with van der Waals surface area (Å²) < 4.78 is 27.0. The first kappa shape index (κ1) is 14.2. The molecule has 0 fully saturated rings. The maximum atomic E-state index is 13.8. The standard InChI is InChI=1S/C16H8ClF2N3/c17-12-2-1-3-13(19)11(12)6-9(8-20)16-21-14-5-4-10(18)7-15(14)22-16/h1-7H,(H,21,22)/b9-6-. The van der Waals surface area contributed by atoms with Gasteiger partial charge in [0.15, 0.2) is 0 Å². The van der Waals surface area contributed by atoms with E-state index in [1.165, 1.54) is 42.5 Å². The van der Waals surface area contributed by atoms with E-state index in [1.54, 1.807) is 0 Å². The lowest BCUT2D eigenvalue weighted by molar-refractivity contribution is 0.625. The van der Waals surface area contributed by atoms with E-state index in [9.17, 15) is 14.0 Å². The molecule has 0 amide bonds. The van der Waals surface area contributed by atoms with Gasteiger partial charge in [-0.2, -0.15) is 5.26 Å². The number of nitrogens with one attached hydrogen (secondary N) is 1. The Bertz CT molecular complexity index is 918. The van der Waals surface area contributed by atoms with Crippen LogP contribution in [0.15, 0.2) is 36.4 Å². The first-order valence-electron chi connectivity index (χ1n) is 6.30. The number of imidazole rings is 1. The number of nitriles is 1. The van der Waals surface area contributed by atoms with Gasteiger partial charge >= 0.3 is 0 Å². The average molecular weight is 316 g/mol. The summed E-state index contributed by atoms with van der Waals surface area (Å²) in [6.07, 6.45) is 1.31. The van der Waals surface area contributed by atoms with Crippen molar-refractivity contribution in [3.63, 3.8) is 0 Å². The van der Waals surface area contributed by atoms with E-state index >= 15 is 0 Å². The summed E-state index contributed by atoms with van der Waals surface area (Å²) in [4.78, 5) is 7.04. The number of benzene rings is 2. The Morgan fingerprint density at radius 2 is 2.09 bits per heavy atom. The molecule has 0 atom stereocenters. The van der Waals surface area contributed by atoms with Crippen LogP contribution in [0.2, 0.25) is 5.02 Å². The zero-order valence-corrected chi connectivity index (χ0v) is 11.8. The molecule has 1 heterocycles. The predicted octanol–water partition coefficient (Wildman–Crippen LogP) is 4.56. The number of halogens is 3. The number of aromatic amines is 1. The minimum absolute atomic E-state index is 0.101. The normalized spacial score (nSPS) is 11.6. The lowest BCUT2D eigenvalue weighted by atomic mass is 10.1. The topological polar surface area (TPSA) is 52.5 Å². The number of fused-ring (bicyclic) bond motifs is 1. The Hall–Kier alpha value is -2.71. The van der Waals surface area contributed by atoms with Gasteiger partial charge in [0, 0.05) is 5.56 Å². The van der Waals surface area contributed by atoms with E-state index in [1.807, 2.05) is 6.07 Å². The summed E-state index contributed by atoms with van der Waals surface area (Å²) in [5, 5.41) is 9.47. The molecule has 0 saturated heterocycles. The van der Waals surface area contributed by atoms with Crippen molar-refractivity contribution in [1.29, 1.82) is 5.26 Å². The second-order valence-corrected chi connectivity index (χ2v) is 4.96. The third kappa shape index (κ3) is 2.57. The SMILES string of the molecule is N#C/C(=C/c1c(F)cccc1Cl)c1nc2ccc(F)cc2[nH]1. The second kappa shape index (κ2) is 5.58. The zero-order valence-electron chi connectivity index (χ0n) is 11.1. The number of rotatable bonds is 2. The summed E-state index contributed by atoms with van der Waals surface area (Å²) >= 11 is 5.94. The van der Waals surface area contributed by atoms with Crippen LogP contribution in [0.1, 0.15) is 11.4 Å². The van der Waals surface area contributed by atoms with Crippen molar-refractivity contribution < 1.29 is 8.78 Å². The molecule has 3 rings (SSSR count). The molecular formula is C16H8ClF2N3. The molecule has 0 radical (unpaired) electrons. The van der Waals surface area contributed by atoms with Gasteiger partial charge in [-0.3, -0.25) is 0 Å². The minimum atomic E-state index is -0.539. The highest BCUT2D eigenvalue weighted by Crippen LogP contribution is 2.25. The number of hydrogen-bond donors (Lipinski definition) is 1. The van der Waals surface area contributed by atoms with Crippen LogP contribution in [-0.2, 0) is 0 Å².